The molecule has 0 aliphatic heterocycles. The first-order valence-electron chi connectivity index (χ1n) is 5.84. The Hall–Kier alpha value is -1.50. The quantitative estimate of drug-likeness (QED) is 0.373. The van der Waals surface area contributed by atoms with Gasteiger partial charge in [0.15, 0.2) is 0 Å². The second kappa shape index (κ2) is 8.57. The number of methoxy groups -OCH3 is 2. The molecule has 1 rings (SSSR count). The predicted molar refractivity (Wildman–Crippen MR) is 71.1 cm³/mol. The molecular weight excluding hydrogens is 234 g/mol. The van der Waals surface area contributed by atoms with Crippen LogP contribution < -0.4 is 25.6 Å². The van der Waals surface area contributed by atoms with Gasteiger partial charge in [-0.25, -0.2) is 5.43 Å². The van der Waals surface area contributed by atoms with Crippen LogP contribution >= 0.6 is 0 Å². The summed E-state index contributed by atoms with van der Waals surface area (Å²) in [5, 5.41) is 11.7. The lowest BCUT2D eigenvalue weighted by Gasteiger charge is -2.13. The molecule has 0 fully saturated rings. The van der Waals surface area contributed by atoms with E-state index < -0.39 is 0 Å². The molecule has 0 saturated carbocycles. The van der Waals surface area contributed by atoms with Gasteiger partial charge in [-0.3, -0.25) is 0 Å². The van der Waals surface area contributed by atoms with Crippen LogP contribution in [0.5, 0.6) is 11.5 Å². The van der Waals surface area contributed by atoms with Crippen LogP contribution in [0.2, 0.25) is 0 Å². The number of ether oxygens (including phenoxy) is 2. The zero-order chi connectivity index (χ0) is 13.2. The lowest BCUT2D eigenvalue weighted by Crippen LogP contribution is -2.32. The molecule has 18 heavy (non-hydrogen) atoms. The standard InChI is InChI=1S/C12H21N3O3/c1-17-10-3-4-11(12(9-10)18-2)15-14-6-5-13-7-8-16/h3-4,9,13-16H,5-8H2,1-2H3. The van der Waals surface area contributed by atoms with Crippen molar-refractivity contribution in [2.45, 2.75) is 0 Å². The Morgan fingerprint density at radius 2 is 1.94 bits per heavy atom. The molecule has 1 aromatic rings. The van der Waals surface area contributed by atoms with E-state index in [1.54, 1.807) is 14.2 Å². The minimum absolute atomic E-state index is 0.153. The Morgan fingerprint density at radius 1 is 1.11 bits per heavy atom. The molecular formula is C12H21N3O3. The Bertz CT molecular complexity index is 347. The molecule has 0 unspecified atom stereocenters. The predicted octanol–water partition coefficient (Wildman–Crippen LogP) is 0.202. The minimum Gasteiger partial charge on any atom is -0.497 e. The smallest absolute Gasteiger partial charge is 0.146 e. The summed E-state index contributed by atoms with van der Waals surface area (Å²) in [7, 11) is 3.23. The molecule has 0 heterocycles. The Morgan fingerprint density at radius 3 is 2.61 bits per heavy atom. The molecule has 0 aromatic heterocycles. The van der Waals surface area contributed by atoms with Crippen molar-refractivity contribution in [2.75, 3.05) is 45.9 Å². The van der Waals surface area contributed by atoms with Gasteiger partial charge in [0.25, 0.3) is 0 Å². The maximum Gasteiger partial charge on any atom is 0.146 e. The largest absolute Gasteiger partial charge is 0.497 e. The van der Waals surface area contributed by atoms with Crippen molar-refractivity contribution >= 4 is 5.69 Å². The maximum absolute atomic E-state index is 8.59. The molecule has 0 radical (unpaired) electrons. The fourth-order valence-corrected chi connectivity index (χ4v) is 1.41. The molecule has 102 valence electrons. The first kappa shape index (κ1) is 14.6. The van der Waals surface area contributed by atoms with Gasteiger partial charge in [0.2, 0.25) is 0 Å². The average Bonchev–Trinajstić information content (AvgIpc) is 2.42. The number of aliphatic hydroxyl groups excluding tert-OH is 1. The van der Waals surface area contributed by atoms with Gasteiger partial charge >= 0.3 is 0 Å². The summed E-state index contributed by atoms with van der Waals surface area (Å²) in [5.74, 6) is 1.46. The summed E-state index contributed by atoms with van der Waals surface area (Å²) in [6.07, 6.45) is 0. The molecule has 0 aliphatic carbocycles. The molecule has 1 aromatic carbocycles. The lowest BCUT2D eigenvalue weighted by molar-refractivity contribution is 0.292. The SMILES string of the molecule is COc1ccc(NNCCNCCO)c(OC)c1. The highest BCUT2D eigenvalue weighted by atomic mass is 16.5. The van der Waals surface area contributed by atoms with E-state index in [-0.39, 0.29) is 6.61 Å². The molecule has 0 spiro atoms. The number of anilines is 1. The van der Waals surface area contributed by atoms with E-state index in [2.05, 4.69) is 16.2 Å². The van der Waals surface area contributed by atoms with Crippen LogP contribution in [-0.4, -0.2) is 45.6 Å². The van der Waals surface area contributed by atoms with Crippen LogP contribution in [-0.2, 0) is 0 Å². The van der Waals surface area contributed by atoms with Crippen molar-refractivity contribution in [1.29, 1.82) is 0 Å². The Labute approximate surface area is 107 Å². The van der Waals surface area contributed by atoms with Crippen LogP contribution in [0.15, 0.2) is 18.2 Å². The second-order valence-electron chi connectivity index (χ2n) is 3.59. The Balaban J connectivity index is 2.37. The number of rotatable bonds is 9. The van der Waals surface area contributed by atoms with Crippen LogP contribution in [0.3, 0.4) is 0 Å². The summed E-state index contributed by atoms with van der Waals surface area (Å²) in [6, 6.07) is 5.55. The van der Waals surface area contributed by atoms with E-state index in [4.69, 9.17) is 14.6 Å². The topological polar surface area (TPSA) is 74.8 Å². The van der Waals surface area contributed by atoms with Gasteiger partial charge in [0.05, 0.1) is 26.5 Å². The number of nitrogens with one attached hydrogen (secondary N) is 3. The van der Waals surface area contributed by atoms with E-state index in [0.717, 1.165) is 24.5 Å². The summed E-state index contributed by atoms with van der Waals surface area (Å²) in [5.41, 5.74) is 6.96. The molecule has 0 bridgehead atoms. The Kier molecular flexibility index (Phi) is 6.93. The molecule has 0 aliphatic rings. The molecule has 0 atom stereocenters. The van der Waals surface area contributed by atoms with E-state index >= 15 is 0 Å². The summed E-state index contributed by atoms with van der Waals surface area (Å²) in [4.78, 5) is 0. The van der Waals surface area contributed by atoms with Crippen molar-refractivity contribution in [3.63, 3.8) is 0 Å². The first-order chi connectivity index (χ1) is 8.81. The number of aliphatic hydroxyl groups is 1. The van der Waals surface area contributed by atoms with Crippen LogP contribution in [0, 0.1) is 0 Å². The third-order valence-corrected chi connectivity index (χ3v) is 2.35. The summed E-state index contributed by atoms with van der Waals surface area (Å²) in [6.45, 7) is 2.26. The van der Waals surface area contributed by atoms with E-state index in [1.165, 1.54) is 0 Å². The maximum atomic E-state index is 8.59. The number of hydrogen-bond acceptors (Lipinski definition) is 6. The third-order valence-electron chi connectivity index (χ3n) is 2.35. The highest BCUT2D eigenvalue weighted by molar-refractivity contribution is 5.58. The highest BCUT2D eigenvalue weighted by Crippen LogP contribution is 2.28. The van der Waals surface area contributed by atoms with Crippen molar-refractivity contribution in [2.24, 2.45) is 0 Å². The molecule has 6 heteroatoms. The van der Waals surface area contributed by atoms with Crippen molar-refractivity contribution in [3.05, 3.63) is 18.2 Å². The minimum atomic E-state index is 0.153. The van der Waals surface area contributed by atoms with Gasteiger partial charge in [-0.05, 0) is 12.1 Å². The normalized spacial score (nSPS) is 10.2. The zero-order valence-electron chi connectivity index (χ0n) is 10.8. The summed E-state index contributed by atoms with van der Waals surface area (Å²) >= 11 is 0. The van der Waals surface area contributed by atoms with E-state index in [1.807, 2.05) is 18.2 Å². The summed E-state index contributed by atoms with van der Waals surface area (Å²) < 4.78 is 10.4. The van der Waals surface area contributed by atoms with Gasteiger partial charge in [-0.15, -0.1) is 0 Å². The van der Waals surface area contributed by atoms with Gasteiger partial charge in [0, 0.05) is 25.7 Å². The molecule has 4 N–H and O–H groups in total. The van der Waals surface area contributed by atoms with Crippen molar-refractivity contribution < 1.29 is 14.6 Å². The van der Waals surface area contributed by atoms with Gasteiger partial charge in [-0.1, -0.05) is 0 Å². The van der Waals surface area contributed by atoms with Gasteiger partial charge in [-0.2, -0.15) is 0 Å². The number of hydrogen-bond donors (Lipinski definition) is 4. The molecule has 0 saturated heterocycles. The fourth-order valence-electron chi connectivity index (χ4n) is 1.41. The first-order valence-corrected chi connectivity index (χ1v) is 5.84. The molecule has 6 nitrogen and oxygen atoms in total. The number of hydrazine groups is 1. The second-order valence-corrected chi connectivity index (χ2v) is 3.59. The van der Waals surface area contributed by atoms with Crippen molar-refractivity contribution in [1.82, 2.24) is 10.7 Å². The fraction of sp³-hybridized carbons (Fsp3) is 0.500. The van der Waals surface area contributed by atoms with Crippen LogP contribution in [0.25, 0.3) is 0 Å². The van der Waals surface area contributed by atoms with Crippen LogP contribution in [0.4, 0.5) is 5.69 Å². The van der Waals surface area contributed by atoms with E-state index in [9.17, 15) is 0 Å². The monoisotopic (exact) mass is 255 g/mol. The van der Waals surface area contributed by atoms with Crippen molar-refractivity contribution in [3.8, 4) is 11.5 Å². The molecule has 0 amide bonds. The van der Waals surface area contributed by atoms with Gasteiger partial charge < -0.3 is 25.3 Å². The van der Waals surface area contributed by atoms with Gasteiger partial charge in [0.1, 0.15) is 11.5 Å². The average molecular weight is 255 g/mol. The van der Waals surface area contributed by atoms with E-state index in [0.29, 0.717) is 12.3 Å². The third kappa shape index (κ3) is 4.79. The highest BCUT2D eigenvalue weighted by Gasteiger charge is 2.03. The van der Waals surface area contributed by atoms with Crippen LogP contribution in [0.1, 0.15) is 0 Å². The number of benzene rings is 1. The lowest BCUT2D eigenvalue weighted by atomic mass is 10.3. The zero-order valence-corrected chi connectivity index (χ0v) is 10.8.